The third kappa shape index (κ3) is 5.20. The van der Waals surface area contributed by atoms with Gasteiger partial charge >= 0.3 is 0 Å². The third-order valence-corrected chi connectivity index (χ3v) is 5.12. The summed E-state index contributed by atoms with van der Waals surface area (Å²) < 4.78 is 7.81. The molecule has 0 radical (unpaired) electrons. The maximum absolute atomic E-state index is 12.6. The van der Waals surface area contributed by atoms with Crippen molar-refractivity contribution in [2.75, 3.05) is 31.6 Å². The number of aryl methyl sites for hydroxylation is 1. The standard InChI is InChI=1S/C22H32N4O2/c1-16(2)15-28-20-10-12-25(13-11-20)14-21(27)23-22-17(3)24-26(18(22)4)19-8-6-5-7-9-19/h5-9,16,20H,10-15H2,1-4H3,(H,23,27). The Hall–Kier alpha value is -2.18. The van der Waals surface area contributed by atoms with Gasteiger partial charge in [0.25, 0.3) is 0 Å². The molecule has 0 spiro atoms. The Morgan fingerprint density at radius 3 is 2.54 bits per heavy atom. The fourth-order valence-corrected chi connectivity index (χ4v) is 3.59. The summed E-state index contributed by atoms with van der Waals surface area (Å²) in [5, 5.41) is 7.67. The van der Waals surface area contributed by atoms with Crippen LogP contribution >= 0.6 is 0 Å². The summed E-state index contributed by atoms with van der Waals surface area (Å²) in [6.45, 7) is 11.3. The van der Waals surface area contributed by atoms with Crippen LogP contribution in [0.1, 0.15) is 38.1 Å². The van der Waals surface area contributed by atoms with Crippen molar-refractivity contribution in [2.45, 2.75) is 46.6 Å². The quantitative estimate of drug-likeness (QED) is 0.793. The lowest BCUT2D eigenvalue weighted by atomic mass is 10.1. The number of hydrogen-bond donors (Lipinski definition) is 1. The molecule has 6 heteroatoms. The number of benzene rings is 1. The molecule has 1 aromatic carbocycles. The van der Waals surface area contributed by atoms with Gasteiger partial charge in [0, 0.05) is 19.7 Å². The van der Waals surface area contributed by atoms with Crippen molar-refractivity contribution in [2.24, 2.45) is 5.92 Å². The highest BCUT2D eigenvalue weighted by atomic mass is 16.5. The van der Waals surface area contributed by atoms with Gasteiger partial charge in [-0.1, -0.05) is 32.0 Å². The first-order valence-electron chi connectivity index (χ1n) is 10.2. The van der Waals surface area contributed by atoms with Crippen LogP contribution in [0.4, 0.5) is 5.69 Å². The second kappa shape index (κ2) is 9.34. The maximum atomic E-state index is 12.6. The number of hydrogen-bond acceptors (Lipinski definition) is 4. The number of carbonyl (C=O) groups is 1. The molecule has 1 aliphatic rings. The molecule has 1 saturated heterocycles. The van der Waals surface area contributed by atoms with Gasteiger partial charge in [-0.05, 0) is 44.7 Å². The molecule has 1 aliphatic heterocycles. The molecule has 6 nitrogen and oxygen atoms in total. The highest BCUT2D eigenvalue weighted by molar-refractivity contribution is 5.93. The Bertz CT molecular complexity index is 777. The smallest absolute Gasteiger partial charge is 0.238 e. The Labute approximate surface area is 167 Å². The lowest BCUT2D eigenvalue weighted by Gasteiger charge is -2.31. The SMILES string of the molecule is Cc1nn(-c2ccccc2)c(C)c1NC(=O)CN1CCC(OCC(C)C)CC1. The molecule has 3 rings (SSSR count). The fraction of sp³-hybridized carbons (Fsp3) is 0.545. The second-order valence-corrected chi connectivity index (χ2v) is 8.04. The van der Waals surface area contributed by atoms with Crippen LogP contribution in [0.2, 0.25) is 0 Å². The first kappa shape index (κ1) is 20.6. The number of nitrogens with zero attached hydrogens (tertiary/aromatic N) is 3. The number of anilines is 1. The van der Waals surface area contributed by atoms with Gasteiger partial charge in [0.05, 0.1) is 35.4 Å². The van der Waals surface area contributed by atoms with Crippen molar-refractivity contribution in [3.05, 3.63) is 41.7 Å². The van der Waals surface area contributed by atoms with Crippen LogP contribution in [0.3, 0.4) is 0 Å². The predicted octanol–water partition coefficient (Wildman–Crippen LogP) is 3.56. The number of aromatic nitrogens is 2. The fourth-order valence-electron chi connectivity index (χ4n) is 3.59. The molecule has 0 saturated carbocycles. The van der Waals surface area contributed by atoms with Crippen LogP contribution in [-0.2, 0) is 9.53 Å². The van der Waals surface area contributed by atoms with Gasteiger partial charge < -0.3 is 10.1 Å². The van der Waals surface area contributed by atoms with Gasteiger partial charge in [0.2, 0.25) is 5.91 Å². The topological polar surface area (TPSA) is 59.4 Å². The van der Waals surface area contributed by atoms with Gasteiger partial charge in [0.1, 0.15) is 0 Å². The van der Waals surface area contributed by atoms with Crippen LogP contribution in [0.15, 0.2) is 30.3 Å². The van der Waals surface area contributed by atoms with E-state index >= 15 is 0 Å². The van der Waals surface area contributed by atoms with Crippen molar-refractivity contribution in [1.29, 1.82) is 0 Å². The summed E-state index contributed by atoms with van der Waals surface area (Å²) >= 11 is 0. The minimum atomic E-state index is 0.0142. The normalized spacial score (nSPS) is 15.9. The Kier molecular flexibility index (Phi) is 6.86. The first-order chi connectivity index (χ1) is 13.4. The minimum Gasteiger partial charge on any atom is -0.378 e. The number of amides is 1. The van der Waals surface area contributed by atoms with Gasteiger partial charge in [-0.3, -0.25) is 9.69 Å². The molecular weight excluding hydrogens is 352 g/mol. The summed E-state index contributed by atoms with van der Waals surface area (Å²) in [4.78, 5) is 14.8. The van der Waals surface area contributed by atoms with E-state index in [1.165, 1.54) is 0 Å². The van der Waals surface area contributed by atoms with E-state index in [0.29, 0.717) is 18.6 Å². The van der Waals surface area contributed by atoms with Gasteiger partial charge in [-0.25, -0.2) is 4.68 Å². The van der Waals surface area contributed by atoms with E-state index in [1.807, 2.05) is 48.9 Å². The number of ether oxygens (including phenoxy) is 1. The Morgan fingerprint density at radius 1 is 1.21 bits per heavy atom. The van der Waals surface area contributed by atoms with Gasteiger partial charge in [-0.2, -0.15) is 5.10 Å². The third-order valence-electron chi connectivity index (χ3n) is 5.12. The average Bonchev–Trinajstić information content (AvgIpc) is 2.96. The van der Waals surface area contributed by atoms with Crippen molar-refractivity contribution >= 4 is 11.6 Å². The largest absolute Gasteiger partial charge is 0.378 e. The zero-order valence-corrected chi connectivity index (χ0v) is 17.4. The van der Waals surface area contributed by atoms with E-state index in [2.05, 4.69) is 29.2 Å². The molecule has 2 aromatic rings. The molecule has 1 amide bonds. The van der Waals surface area contributed by atoms with E-state index in [0.717, 1.165) is 55.3 Å². The second-order valence-electron chi connectivity index (χ2n) is 8.04. The molecule has 28 heavy (non-hydrogen) atoms. The average molecular weight is 385 g/mol. The van der Waals surface area contributed by atoms with Crippen LogP contribution < -0.4 is 5.32 Å². The highest BCUT2D eigenvalue weighted by Crippen LogP contribution is 2.23. The number of para-hydroxylation sites is 1. The summed E-state index contributed by atoms with van der Waals surface area (Å²) in [7, 11) is 0. The molecule has 0 unspecified atom stereocenters. The maximum Gasteiger partial charge on any atom is 0.238 e. The van der Waals surface area contributed by atoms with E-state index in [-0.39, 0.29) is 5.91 Å². The molecule has 1 aromatic heterocycles. The summed E-state index contributed by atoms with van der Waals surface area (Å²) in [5.41, 5.74) is 3.57. The molecule has 2 heterocycles. The van der Waals surface area contributed by atoms with Crippen molar-refractivity contribution in [3.8, 4) is 5.69 Å². The number of piperidine rings is 1. The molecule has 1 fully saturated rings. The number of likely N-dealkylation sites (tertiary alicyclic amines) is 1. The van der Waals surface area contributed by atoms with Gasteiger partial charge in [-0.15, -0.1) is 0 Å². The molecular formula is C22H32N4O2. The number of rotatable bonds is 7. The number of nitrogens with one attached hydrogen (secondary N) is 1. The van der Waals surface area contributed by atoms with Crippen LogP contribution in [-0.4, -0.2) is 52.9 Å². The summed E-state index contributed by atoms with van der Waals surface area (Å²) in [6, 6.07) is 9.97. The first-order valence-corrected chi connectivity index (χ1v) is 10.2. The van der Waals surface area contributed by atoms with Crippen LogP contribution in [0, 0.1) is 19.8 Å². The zero-order chi connectivity index (χ0) is 20.1. The lowest BCUT2D eigenvalue weighted by molar-refractivity contribution is -0.118. The van der Waals surface area contributed by atoms with Crippen molar-refractivity contribution in [1.82, 2.24) is 14.7 Å². The van der Waals surface area contributed by atoms with Crippen molar-refractivity contribution in [3.63, 3.8) is 0 Å². The predicted molar refractivity (Wildman–Crippen MR) is 112 cm³/mol. The van der Waals surface area contributed by atoms with Crippen molar-refractivity contribution < 1.29 is 9.53 Å². The number of carbonyl (C=O) groups excluding carboxylic acids is 1. The molecule has 0 bridgehead atoms. The summed E-state index contributed by atoms with van der Waals surface area (Å²) in [6.07, 6.45) is 2.31. The van der Waals surface area contributed by atoms with E-state index in [9.17, 15) is 4.79 Å². The lowest BCUT2D eigenvalue weighted by Crippen LogP contribution is -2.41. The van der Waals surface area contributed by atoms with Crippen LogP contribution in [0.25, 0.3) is 5.69 Å². The zero-order valence-electron chi connectivity index (χ0n) is 17.4. The van der Waals surface area contributed by atoms with Gasteiger partial charge in [0.15, 0.2) is 0 Å². The Morgan fingerprint density at radius 2 is 1.89 bits per heavy atom. The minimum absolute atomic E-state index is 0.0142. The van der Waals surface area contributed by atoms with E-state index < -0.39 is 0 Å². The highest BCUT2D eigenvalue weighted by Gasteiger charge is 2.22. The summed E-state index contributed by atoms with van der Waals surface area (Å²) in [5.74, 6) is 0.576. The molecule has 1 N–H and O–H groups in total. The molecule has 0 aliphatic carbocycles. The van der Waals surface area contributed by atoms with E-state index in [1.54, 1.807) is 0 Å². The monoisotopic (exact) mass is 384 g/mol. The van der Waals surface area contributed by atoms with Crippen LogP contribution in [0.5, 0.6) is 0 Å². The Balaban J connectivity index is 1.54. The van der Waals surface area contributed by atoms with E-state index in [4.69, 9.17) is 4.74 Å². The molecule has 0 atom stereocenters. The molecule has 152 valence electrons.